The van der Waals surface area contributed by atoms with Gasteiger partial charge in [0, 0.05) is 17.3 Å². The van der Waals surface area contributed by atoms with Gasteiger partial charge >= 0.3 is 0 Å². The summed E-state index contributed by atoms with van der Waals surface area (Å²) in [7, 11) is 0. The van der Waals surface area contributed by atoms with Gasteiger partial charge in [-0.15, -0.1) is 0 Å². The van der Waals surface area contributed by atoms with Gasteiger partial charge in [-0.2, -0.15) is 0 Å². The molecule has 18 atom stereocenters. The highest BCUT2D eigenvalue weighted by atomic mass is 16.7. The third kappa shape index (κ3) is 7.09. The van der Waals surface area contributed by atoms with Crippen LogP contribution in [-0.4, -0.2) is 145 Å². The van der Waals surface area contributed by atoms with Crippen molar-refractivity contribution >= 4 is 5.78 Å². The van der Waals surface area contributed by atoms with Crippen molar-refractivity contribution in [2.75, 3.05) is 19.8 Å². The molecular weight excluding hydrogens is 728 g/mol. The van der Waals surface area contributed by atoms with Crippen molar-refractivity contribution in [1.29, 1.82) is 0 Å². The molecule has 14 heteroatoms. The van der Waals surface area contributed by atoms with E-state index in [0.717, 1.165) is 24.0 Å². The lowest BCUT2D eigenvalue weighted by atomic mass is 9.38. The van der Waals surface area contributed by atoms with Gasteiger partial charge in [-0.3, -0.25) is 4.79 Å². The lowest BCUT2D eigenvalue weighted by molar-refractivity contribution is -0.319. The Morgan fingerprint density at radius 1 is 0.857 bits per heavy atom. The van der Waals surface area contributed by atoms with E-state index in [9.17, 15) is 50.8 Å². The monoisotopic (exact) mass is 796 g/mol. The van der Waals surface area contributed by atoms with Crippen molar-refractivity contribution in [3.05, 3.63) is 23.3 Å². The van der Waals surface area contributed by atoms with Crippen LogP contribution in [0.2, 0.25) is 0 Å². The maximum absolute atomic E-state index is 14.8. The molecule has 0 aromatic heterocycles. The Bertz CT molecular complexity index is 1490. The third-order valence-electron chi connectivity index (χ3n) is 16.0. The first-order valence-corrected chi connectivity index (χ1v) is 20.6. The second-order valence-electron chi connectivity index (χ2n) is 19.4. The summed E-state index contributed by atoms with van der Waals surface area (Å²) < 4.78 is 23.2. The number of carbonyl (C=O) groups is 1. The molecule has 5 fully saturated rings. The van der Waals surface area contributed by atoms with E-state index in [-0.39, 0.29) is 35.6 Å². The van der Waals surface area contributed by atoms with Crippen LogP contribution in [0.15, 0.2) is 23.3 Å². The smallest absolute Gasteiger partial charge is 0.187 e. The van der Waals surface area contributed by atoms with Crippen LogP contribution < -0.4 is 0 Å². The summed E-state index contributed by atoms with van der Waals surface area (Å²) in [5, 5.41) is 93.1. The SMILES string of the molecule is C/C(=C/CC[C@](C)(O)[C@H]1CC[C@@]2(C)[C@@H]3CC=C4[C@@H](CC[C@H](O[C@@H]5O[C@H](CO)[C@@H](O)[C@H](O)[C@H]5O)C4(C)C)[C@]3(C)C(=O)C[C@]12C)CO[C@@H]1O[C@H](CO)[C@@H](O)[C@H](O)[C@H]1O. The number of fused-ring (bicyclic) bond motifs is 5. The normalized spacial score (nSPS) is 49.0. The van der Waals surface area contributed by atoms with Gasteiger partial charge in [0.05, 0.1) is 31.5 Å². The van der Waals surface area contributed by atoms with Gasteiger partial charge in [0.2, 0.25) is 0 Å². The minimum Gasteiger partial charge on any atom is -0.394 e. The molecular formula is C42H68O14. The number of allylic oxidation sites excluding steroid dienone is 2. The van der Waals surface area contributed by atoms with Gasteiger partial charge in [0.15, 0.2) is 12.6 Å². The fourth-order valence-corrected chi connectivity index (χ4v) is 12.2. The van der Waals surface area contributed by atoms with Crippen LogP contribution in [0, 0.1) is 39.4 Å². The summed E-state index contributed by atoms with van der Waals surface area (Å²) in [4.78, 5) is 14.8. The highest BCUT2D eigenvalue weighted by Crippen LogP contribution is 2.74. The van der Waals surface area contributed by atoms with E-state index in [2.05, 4.69) is 40.7 Å². The highest BCUT2D eigenvalue weighted by molar-refractivity contribution is 5.88. The molecule has 0 aromatic rings. The van der Waals surface area contributed by atoms with Gasteiger partial charge in [-0.25, -0.2) is 0 Å². The van der Waals surface area contributed by atoms with Crippen molar-refractivity contribution in [3.8, 4) is 0 Å². The predicted octanol–water partition coefficient (Wildman–Crippen LogP) is 1.25. The van der Waals surface area contributed by atoms with Gasteiger partial charge in [0.1, 0.15) is 54.6 Å². The Balaban J connectivity index is 1.13. The zero-order chi connectivity index (χ0) is 41.3. The van der Waals surface area contributed by atoms with Crippen molar-refractivity contribution in [2.45, 2.75) is 173 Å². The quantitative estimate of drug-likeness (QED) is 0.134. The maximum atomic E-state index is 14.8. The number of rotatable bonds is 11. The number of hydrogen-bond donors (Lipinski definition) is 9. The number of aliphatic hydroxyl groups is 9. The molecule has 4 aliphatic carbocycles. The Morgan fingerprint density at radius 2 is 1.45 bits per heavy atom. The fourth-order valence-electron chi connectivity index (χ4n) is 12.2. The molecule has 0 radical (unpaired) electrons. The second kappa shape index (κ2) is 15.9. The molecule has 6 aliphatic rings. The van der Waals surface area contributed by atoms with Gasteiger partial charge in [-0.05, 0) is 87.4 Å². The molecule has 320 valence electrons. The molecule has 0 bridgehead atoms. The summed E-state index contributed by atoms with van der Waals surface area (Å²) in [6.07, 6.45) is -4.62. The van der Waals surface area contributed by atoms with Gasteiger partial charge < -0.3 is 64.9 Å². The molecule has 0 aromatic carbocycles. The molecule has 0 amide bonds. The van der Waals surface area contributed by atoms with Crippen molar-refractivity contribution in [3.63, 3.8) is 0 Å². The first kappa shape index (κ1) is 44.2. The van der Waals surface area contributed by atoms with Crippen LogP contribution in [0.1, 0.15) is 99.8 Å². The Labute approximate surface area is 330 Å². The van der Waals surface area contributed by atoms with Crippen LogP contribution in [0.3, 0.4) is 0 Å². The first-order valence-electron chi connectivity index (χ1n) is 20.6. The minimum atomic E-state index is -1.53. The molecule has 14 nitrogen and oxygen atoms in total. The van der Waals surface area contributed by atoms with Crippen LogP contribution in [0.4, 0.5) is 0 Å². The zero-order valence-corrected chi connectivity index (χ0v) is 34.1. The Hall–Kier alpha value is -1.37. The topological polar surface area (TPSA) is 236 Å². The standard InChI is InChI=1S/C42H68O14/c1-21(20-53-36-34(50)32(48)30(46)24(18-43)54-36)9-8-15-41(6,52)26-14-16-39(4)27-12-10-22-23(42(27,7)28(45)17-40(26,39)5)11-13-29(38(22,2)3)56-37-35(51)33(49)31(47)25(19-44)55-37/h9-10,23-27,29-37,43-44,46-52H,8,11-20H2,1-7H3/b21-9-/t23-,24-,25-,26+,27+,29+,30-,31-,32+,33+,34-,35-,36-,37+,39+,40-,41+,42+/m1/s1. The van der Waals surface area contributed by atoms with Crippen LogP contribution in [0.5, 0.6) is 0 Å². The van der Waals surface area contributed by atoms with Crippen molar-refractivity contribution in [1.82, 2.24) is 0 Å². The van der Waals surface area contributed by atoms with E-state index < -0.39 is 103 Å². The van der Waals surface area contributed by atoms with E-state index in [1.807, 2.05) is 19.9 Å². The summed E-state index contributed by atoms with van der Waals surface area (Å²) in [5.74, 6) is 0.164. The van der Waals surface area contributed by atoms with E-state index >= 15 is 0 Å². The first-order chi connectivity index (χ1) is 26.1. The average Bonchev–Trinajstić information content (AvgIpc) is 3.42. The Kier molecular flexibility index (Phi) is 12.6. The van der Waals surface area contributed by atoms with Crippen LogP contribution >= 0.6 is 0 Å². The Morgan fingerprint density at radius 3 is 2.05 bits per heavy atom. The average molecular weight is 797 g/mol. The van der Waals surface area contributed by atoms with Crippen LogP contribution in [-0.2, 0) is 23.7 Å². The van der Waals surface area contributed by atoms with E-state index in [0.29, 0.717) is 38.5 Å². The van der Waals surface area contributed by atoms with Gasteiger partial charge in [0.25, 0.3) is 0 Å². The fraction of sp³-hybridized carbons (Fsp3) is 0.881. The number of hydrogen-bond acceptors (Lipinski definition) is 14. The molecule has 2 heterocycles. The molecule has 9 N–H and O–H groups in total. The highest BCUT2D eigenvalue weighted by Gasteiger charge is 2.71. The number of aliphatic hydroxyl groups excluding tert-OH is 8. The second-order valence-corrected chi connectivity index (χ2v) is 19.4. The molecule has 2 aliphatic heterocycles. The number of carbonyl (C=O) groups excluding carboxylic acids is 1. The van der Waals surface area contributed by atoms with E-state index in [1.165, 1.54) is 0 Å². The maximum Gasteiger partial charge on any atom is 0.187 e. The summed E-state index contributed by atoms with van der Waals surface area (Å²) in [6, 6.07) is 0. The predicted molar refractivity (Wildman–Crippen MR) is 201 cm³/mol. The minimum absolute atomic E-state index is 0.0161. The number of ether oxygens (including phenoxy) is 4. The third-order valence-corrected chi connectivity index (χ3v) is 16.0. The van der Waals surface area contributed by atoms with Crippen LogP contribution in [0.25, 0.3) is 0 Å². The molecule has 0 unspecified atom stereocenters. The molecule has 2 saturated heterocycles. The molecule has 56 heavy (non-hydrogen) atoms. The summed E-state index contributed by atoms with van der Waals surface area (Å²) >= 11 is 0. The molecule has 3 saturated carbocycles. The molecule has 6 rings (SSSR count). The van der Waals surface area contributed by atoms with Crippen molar-refractivity contribution in [2.24, 2.45) is 39.4 Å². The zero-order valence-electron chi connectivity index (χ0n) is 34.1. The van der Waals surface area contributed by atoms with E-state index in [1.54, 1.807) is 0 Å². The summed E-state index contributed by atoms with van der Waals surface area (Å²) in [6.45, 7) is 13.6. The number of Topliss-reactive ketones (excluding diaryl/α,β-unsaturated/α-hetero) is 1. The van der Waals surface area contributed by atoms with E-state index in [4.69, 9.17) is 18.9 Å². The largest absolute Gasteiger partial charge is 0.394 e. The van der Waals surface area contributed by atoms with Crippen molar-refractivity contribution < 1.29 is 69.7 Å². The molecule has 0 spiro atoms. The lowest BCUT2D eigenvalue weighted by Crippen LogP contribution is -2.64. The summed E-state index contributed by atoms with van der Waals surface area (Å²) in [5.41, 5.74) is -0.900. The lowest BCUT2D eigenvalue weighted by Gasteiger charge is -2.65. The number of ketones is 1. The van der Waals surface area contributed by atoms with Gasteiger partial charge in [-0.1, -0.05) is 57.9 Å².